The predicted molar refractivity (Wildman–Crippen MR) is 239 cm³/mol. The van der Waals surface area contributed by atoms with Gasteiger partial charge in [-0.05, 0) is 102 Å². The van der Waals surface area contributed by atoms with Crippen molar-refractivity contribution in [2.24, 2.45) is 0 Å². The van der Waals surface area contributed by atoms with Crippen molar-refractivity contribution < 1.29 is 37.5 Å². The second kappa shape index (κ2) is 22.8. The molecule has 0 saturated carbocycles. The lowest BCUT2D eigenvalue weighted by Crippen LogP contribution is -2.55. The number of benzene rings is 2. The number of carbonyl (C=O) groups excluding carboxylic acids is 6. The number of carbonyl (C=O) groups is 6. The average Bonchev–Trinajstić information content (AvgIpc) is 3.90. The summed E-state index contributed by atoms with van der Waals surface area (Å²) in [5.74, 6) is -2.67. The molecule has 2 aliphatic carbocycles. The lowest BCUT2D eigenvalue weighted by atomic mass is 9.87. The molecule has 350 valence electrons. The topological polar surface area (TPSA) is 181 Å². The van der Waals surface area contributed by atoms with Crippen molar-refractivity contribution in [3.8, 4) is 0 Å². The molecule has 16 heteroatoms. The third-order valence-electron chi connectivity index (χ3n) is 13.7. The maximum atomic E-state index is 15.1. The molecule has 0 unspecified atom stereocenters. The van der Waals surface area contributed by atoms with Gasteiger partial charge in [-0.15, -0.1) is 0 Å². The summed E-state index contributed by atoms with van der Waals surface area (Å²) >= 11 is 0. The molecule has 2 aromatic carbocycles. The molecule has 6 rings (SSSR count). The molecule has 2 heterocycles. The summed E-state index contributed by atoms with van der Waals surface area (Å²) < 4.78 is 30.2. The largest absolute Gasteiger partial charge is 0.347 e. The van der Waals surface area contributed by atoms with E-state index in [9.17, 15) is 28.8 Å². The number of alkyl halides is 2. The highest BCUT2D eigenvalue weighted by Crippen LogP contribution is 2.33. The van der Waals surface area contributed by atoms with Crippen LogP contribution in [0.4, 0.5) is 8.78 Å². The fraction of sp³-hybridized carbons (Fsp3) is 0.625. The fourth-order valence-corrected chi connectivity index (χ4v) is 9.72. The Morgan fingerprint density at radius 1 is 0.609 bits per heavy atom. The van der Waals surface area contributed by atoms with Crippen LogP contribution in [0.2, 0.25) is 0 Å². The molecular formula is C48H68F2N8O6. The average molecular weight is 891 g/mol. The van der Waals surface area contributed by atoms with Crippen molar-refractivity contribution in [1.29, 1.82) is 0 Å². The number of nitrogens with one attached hydrogen (secondary N) is 6. The van der Waals surface area contributed by atoms with Crippen molar-refractivity contribution >= 4 is 35.4 Å². The van der Waals surface area contributed by atoms with Gasteiger partial charge >= 0.3 is 0 Å². The van der Waals surface area contributed by atoms with Gasteiger partial charge in [-0.1, -0.05) is 74.2 Å². The molecule has 2 aromatic rings. The summed E-state index contributed by atoms with van der Waals surface area (Å²) in [6, 6.07) is 10.1. The minimum atomic E-state index is -1.39. The quantitative estimate of drug-likeness (QED) is 0.115. The molecule has 64 heavy (non-hydrogen) atoms. The Labute approximate surface area is 376 Å². The summed E-state index contributed by atoms with van der Waals surface area (Å²) in [5, 5.41) is 17.6. The second-order valence-corrected chi connectivity index (χ2v) is 18.1. The normalized spacial score (nSPS) is 24.7. The molecule has 2 saturated heterocycles. The van der Waals surface area contributed by atoms with E-state index in [1.54, 1.807) is 27.9 Å². The highest BCUT2D eigenvalue weighted by atomic mass is 19.1. The number of likely N-dealkylation sites (tertiary alicyclic amines) is 2. The van der Waals surface area contributed by atoms with Crippen molar-refractivity contribution in [3.63, 3.8) is 0 Å². The molecule has 2 aliphatic heterocycles. The number of likely N-dealkylation sites (N-methyl/N-ethyl adjacent to an activating group) is 2. The standard InChI is InChI=1S/C48H68F2N8O6/c1-29(51-3)43(59)55-39(47(63)57-27-33(49)25-41(57)45(61)53-37-23-13-17-31-15-9-11-19-35(31)37)21-7-5-6-8-22-40(56-44(60)30(2)52-4)48(64)58-28-34(50)26-42(58)46(62)54-38-24-14-18-32-16-10-12-20-36(32)38/h9-12,15-16,19-20,29-30,33-34,37-42,51-52H,5-8,13-14,17-18,21-28H2,1-4H3,(H,53,61)(H,54,62)(H,55,59)(H,56,60)/t29-,30-,33-,34+,37+,38+,39-,40-,41-,42-/m0/s1. The zero-order valence-corrected chi connectivity index (χ0v) is 37.8. The van der Waals surface area contributed by atoms with Crippen LogP contribution >= 0.6 is 0 Å². The molecule has 6 N–H and O–H groups in total. The monoisotopic (exact) mass is 891 g/mol. The first kappa shape index (κ1) is 48.5. The number of unbranched alkanes of at least 4 members (excludes halogenated alkanes) is 3. The molecule has 0 aromatic heterocycles. The Balaban J connectivity index is 1.07. The van der Waals surface area contributed by atoms with E-state index in [1.807, 2.05) is 48.5 Å². The molecule has 0 bridgehead atoms. The Morgan fingerprint density at radius 2 is 1.00 bits per heavy atom. The maximum absolute atomic E-state index is 15.1. The lowest BCUT2D eigenvalue weighted by Gasteiger charge is -2.32. The highest BCUT2D eigenvalue weighted by molar-refractivity contribution is 5.95. The Hall–Kier alpha value is -4.96. The molecule has 4 aliphatic rings. The molecule has 6 amide bonds. The van der Waals surface area contributed by atoms with E-state index in [-0.39, 0.29) is 50.9 Å². The maximum Gasteiger partial charge on any atom is 0.245 e. The smallest absolute Gasteiger partial charge is 0.245 e. The number of hydrogen-bond donors (Lipinski definition) is 6. The van der Waals surface area contributed by atoms with Crippen molar-refractivity contribution in [2.75, 3.05) is 27.2 Å². The first-order valence-electron chi connectivity index (χ1n) is 23.4. The Kier molecular flexibility index (Phi) is 17.3. The molecule has 10 atom stereocenters. The van der Waals surface area contributed by atoms with Crippen LogP contribution in [0.5, 0.6) is 0 Å². The van der Waals surface area contributed by atoms with E-state index in [2.05, 4.69) is 31.9 Å². The Morgan fingerprint density at radius 3 is 1.39 bits per heavy atom. The lowest BCUT2D eigenvalue weighted by molar-refractivity contribution is -0.142. The van der Waals surface area contributed by atoms with Crippen LogP contribution in [0.25, 0.3) is 0 Å². The van der Waals surface area contributed by atoms with Gasteiger partial charge in [-0.2, -0.15) is 0 Å². The molecule has 2 fully saturated rings. The SMILES string of the molecule is CN[C@@H](C)C(=O)N[C@@H](CCCCCC[C@H](NC(=O)[C@H](C)NC)C(=O)N1C[C@@H](F)C[C@H]1C(=O)N[C@@H]1CCCc2ccccc21)C(=O)N1C[C@H](F)C[C@H]1C(=O)N[C@@H]1CCCc2ccccc21. The van der Waals surface area contributed by atoms with Gasteiger partial charge in [0.15, 0.2) is 0 Å². The number of hydrogen-bond acceptors (Lipinski definition) is 8. The number of rotatable bonds is 19. The van der Waals surface area contributed by atoms with E-state index in [1.165, 1.54) is 9.80 Å². The van der Waals surface area contributed by atoms with Gasteiger partial charge in [0.1, 0.15) is 36.5 Å². The van der Waals surface area contributed by atoms with Gasteiger partial charge in [0.05, 0.1) is 37.3 Å². The number of nitrogens with zero attached hydrogens (tertiary/aromatic N) is 2. The second-order valence-electron chi connectivity index (χ2n) is 18.1. The van der Waals surface area contributed by atoms with Crippen LogP contribution in [0.3, 0.4) is 0 Å². The van der Waals surface area contributed by atoms with Gasteiger partial charge in [-0.25, -0.2) is 8.78 Å². The van der Waals surface area contributed by atoms with E-state index >= 15 is 8.78 Å². The fourth-order valence-electron chi connectivity index (χ4n) is 9.72. The van der Waals surface area contributed by atoms with Crippen LogP contribution < -0.4 is 31.9 Å². The zero-order chi connectivity index (χ0) is 45.9. The van der Waals surface area contributed by atoms with E-state index in [0.29, 0.717) is 25.7 Å². The van der Waals surface area contributed by atoms with Crippen LogP contribution in [0.15, 0.2) is 48.5 Å². The van der Waals surface area contributed by atoms with Gasteiger partial charge < -0.3 is 41.7 Å². The van der Waals surface area contributed by atoms with Gasteiger partial charge in [0.2, 0.25) is 35.4 Å². The van der Waals surface area contributed by atoms with Crippen LogP contribution in [0, 0.1) is 0 Å². The van der Waals surface area contributed by atoms with E-state index < -0.39 is 84.0 Å². The third-order valence-corrected chi connectivity index (χ3v) is 13.7. The Bertz CT molecular complexity index is 1830. The summed E-state index contributed by atoms with van der Waals surface area (Å²) in [7, 11) is 3.26. The molecule has 0 radical (unpaired) electrons. The zero-order valence-electron chi connectivity index (χ0n) is 37.8. The summed E-state index contributed by atoms with van der Waals surface area (Å²) in [6.45, 7) is 2.82. The van der Waals surface area contributed by atoms with Crippen molar-refractivity contribution in [3.05, 3.63) is 70.8 Å². The van der Waals surface area contributed by atoms with E-state index in [4.69, 9.17) is 0 Å². The van der Waals surface area contributed by atoms with Crippen molar-refractivity contribution in [2.45, 2.75) is 164 Å². The van der Waals surface area contributed by atoms with Gasteiger partial charge in [0, 0.05) is 12.8 Å². The first-order chi connectivity index (χ1) is 30.8. The van der Waals surface area contributed by atoms with E-state index in [0.717, 1.165) is 60.8 Å². The number of halogens is 2. The highest BCUT2D eigenvalue weighted by Gasteiger charge is 2.44. The minimum Gasteiger partial charge on any atom is -0.347 e. The van der Waals surface area contributed by atoms with Gasteiger partial charge in [0.25, 0.3) is 0 Å². The summed E-state index contributed by atoms with van der Waals surface area (Å²) in [4.78, 5) is 84.7. The minimum absolute atomic E-state index is 0.132. The van der Waals surface area contributed by atoms with Crippen LogP contribution in [-0.2, 0) is 41.6 Å². The number of aryl methyl sites for hydroxylation is 2. The van der Waals surface area contributed by atoms with Gasteiger partial charge in [-0.3, -0.25) is 28.8 Å². The molecule has 0 spiro atoms. The molecule has 14 nitrogen and oxygen atoms in total. The summed E-state index contributed by atoms with van der Waals surface area (Å²) in [5.41, 5.74) is 4.39. The number of amides is 6. The summed E-state index contributed by atoms with van der Waals surface area (Å²) in [6.07, 6.45) is 4.64. The first-order valence-corrected chi connectivity index (χ1v) is 23.4. The van der Waals surface area contributed by atoms with Crippen LogP contribution in [0.1, 0.15) is 125 Å². The number of fused-ring (bicyclic) bond motifs is 2. The molecular weight excluding hydrogens is 823 g/mol. The van der Waals surface area contributed by atoms with Crippen LogP contribution in [-0.4, -0.2) is 121 Å². The predicted octanol–water partition coefficient (Wildman–Crippen LogP) is 3.78. The third kappa shape index (κ3) is 12.0. The van der Waals surface area contributed by atoms with Crippen molar-refractivity contribution in [1.82, 2.24) is 41.7 Å².